The van der Waals surface area contributed by atoms with Crippen LogP contribution in [0.3, 0.4) is 0 Å². The molecule has 3 N–H and O–H groups in total. The number of nitrogens with one attached hydrogen (secondary N) is 3. The highest BCUT2D eigenvalue weighted by Gasteiger charge is 2.50. The van der Waals surface area contributed by atoms with Crippen molar-refractivity contribution in [2.45, 2.75) is 51.0 Å². The van der Waals surface area contributed by atoms with E-state index in [4.69, 9.17) is 4.74 Å². The predicted octanol–water partition coefficient (Wildman–Crippen LogP) is 3.82. The average molecular weight is 701 g/mol. The number of hydrogen-bond acceptors (Lipinski definition) is 7. The standard InChI is InChI=1S/C37H42F2N8O4/c1-23-28(19-42-47(23)27-10-12-40-13-11-27)34(48)43-26-6-4-24(5-7-26)18-41-35(49)32-8-9-33-37(21-51-22-37)45(14-15-46(32)33)20-29-30(38)16-25(17-31(29)39)36(50)44(2)3/h4-9,16-17,19,27,40H,10-15,18,20-22H2,1-3H3,(H,41,49)(H,43,48). The van der Waals surface area contributed by atoms with Crippen molar-refractivity contribution in [2.75, 3.05) is 52.3 Å². The molecule has 0 unspecified atom stereocenters. The summed E-state index contributed by atoms with van der Waals surface area (Å²) in [5.74, 6) is -2.50. The molecule has 3 amide bonds. The number of carbonyl (C=O) groups excluding carboxylic acids is 3. The lowest BCUT2D eigenvalue weighted by atomic mass is 9.88. The van der Waals surface area contributed by atoms with E-state index in [0.29, 0.717) is 43.2 Å². The Labute approximate surface area is 294 Å². The van der Waals surface area contributed by atoms with Crippen molar-refractivity contribution in [3.05, 3.63) is 106 Å². The fraction of sp³-hybridized carbons (Fsp3) is 0.405. The fourth-order valence-electron chi connectivity index (χ4n) is 7.34. The van der Waals surface area contributed by atoms with Gasteiger partial charge in [-0.2, -0.15) is 5.10 Å². The van der Waals surface area contributed by atoms with Crippen LogP contribution in [0, 0.1) is 18.6 Å². The van der Waals surface area contributed by atoms with Crippen molar-refractivity contribution in [2.24, 2.45) is 0 Å². The minimum Gasteiger partial charge on any atom is -0.377 e. The van der Waals surface area contributed by atoms with Crippen molar-refractivity contribution in [3.63, 3.8) is 0 Å². The van der Waals surface area contributed by atoms with E-state index >= 15 is 8.78 Å². The molecule has 12 nitrogen and oxygen atoms in total. The molecule has 2 saturated heterocycles. The monoisotopic (exact) mass is 700 g/mol. The van der Waals surface area contributed by atoms with Crippen molar-refractivity contribution in [1.29, 1.82) is 0 Å². The summed E-state index contributed by atoms with van der Waals surface area (Å²) in [6, 6.07) is 13.4. The van der Waals surface area contributed by atoms with Crippen LogP contribution in [0.2, 0.25) is 0 Å². The van der Waals surface area contributed by atoms with E-state index in [-0.39, 0.29) is 42.1 Å². The number of carbonyl (C=O) groups is 3. The van der Waals surface area contributed by atoms with Crippen molar-refractivity contribution >= 4 is 23.4 Å². The molecule has 2 aromatic carbocycles. The Hall–Kier alpha value is -4.92. The van der Waals surface area contributed by atoms with Gasteiger partial charge in [-0.05, 0) is 74.8 Å². The van der Waals surface area contributed by atoms with Crippen LogP contribution in [0.4, 0.5) is 14.5 Å². The van der Waals surface area contributed by atoms with E-state index in [1.807, 2.05) is 39.3 Å². The summed E-state index contributed by atoms with van der Waals surface area (Å²) in [6.07, 6.45) is 3.58. The Morgan fingerprint density at radius 1 is 1.00 bits per heavy atom. The van der Waals surface area contributed by atoms with Gasteiger partial charge in [0.05, 0.1) is 31.0 Å². The van der Waals surface area contributed by atoms with Gasteiger partial charge in [-0.25, -0.2) is 8.78 Å². The zero-order valence-corrected chi connectivity index (χ0v) is 29.0. The van der Waals surface area contributed by atoms with E-state index in [2.05, 4.69) is 21.0 Å². The molecular formula is C37H42F2N8O4. The first-order chi connectivity index (χ1) is 24.6. The number of anilines is 1. The Balaban J connectivity index is 0.978. The van der Waals surface area contributed by atoms with Gasteiger partial charge in [0.2, 0.25) is 0 Å². The average Bonchev–Trinajstić information content (AvgIpc) is 3.72. The second kappa shape index (κ2) is 14.0. The van der Waals surface area contributed by atoms with Crippen LogP contribution in [0.25, 0.3) is 0 Å². The third-order valence-electron chi connectivity index (χ3n) is 10.3. The first-order valence-electron chi connectivity index (χ1n) is 17.2. The maximum atomic E-state index is 15.2. The number of benzene rings is 2. The molecule has 0 atom stereocenters. The number of nitrogens with zero attached hydrogens (tertiary/aromatic N) is 5. The molecule has 3 aliphatic heterocycles. The van der Waals surface area contributed by atoms with E-state index in [0.717, 1.165) is 55.0 Å². The Morgan fingerprint density at radius 3 is 2.35 bits per heavy atom. The summed E-state index contributed by atoms with van der Waals surface area (Å²) >= 11 is 0. The highest BCUT2D eigenvalue weighted by molar-refractivity contribution is 6.05. The molecule has 0 bridgehead atoms. The largest absolute Gasteiger partial charge is 0.377 e. The van der Waals surface area contributed by atoms with Gasteiger partial charge in [0.25, 0.3) is 17.7 Å². The molecule has 268 valence electrons. The molecule has 4 aromatic rings. The third kappa shape index (κ3) is 6.54. The number of piperidine rings is 1. The lowest BCUT2D eigenvalue weighted by Gasteiger charge is -2.52. The molecule has 2 fully saturated rings. The summed E-state index contributed by atoms with van der Waals surface area (Å²) in [4.78, 5) is 42.0. The highest BCUT2D eigenvalue weighted by atomic mass is 19.1. The fourth-order valence-corrected chi connectivity index (χ4v) is 7.34. The maximum absolute atomic E-state index is 15.2. The van der Waals surface area contributed by atoms with Crippen LogP contribution in [0.15, 0.2) is 54.7 Å². The van der Waals surface area contributed by atoms with Gasteiger partial charge >= 0.3 is 0 Å². The van der Waals surface area contributed by atoms with Crippen LogP contribution >= 0.6 is 0 Å². The molecule has 0 aliphatic carbocycles. The normalized spacial score (nSPS) is 17.1. The molecular weight excluding hydrogens is 658 g/mol. The Kier molecular flexibility index (Phi) is 9.48. The highest BCUT2D eigenvalue weighted by Crippen LogP contribution is 2.41. The van der Waals surface area contributed by atoms with Gasteiger partial charge in [-0.1, -0.05) is 12.1 Å². The van der Waals surface area contributed by atoms with Gasteiger partial charge in [-0.15, -0.1) is 0 Å². The first-order valence-corrected chi connectivity index (χ1v) is 17.2. The van der Waals surface area contributed by atoms with Crippen LogP contribution in [-0.2, 0) is 29.9 Å². The second-order valence-electron chi connectivity index (χ2n) is 13.7. The summed E-state index contributed by atoms with van der Waals surface area (Å²) in [5, 5.41) is 13.8. The zero-order valence-electron chi connectivity index (χ0n) is 29.0. The van der Waals surface area contributed by atoms with Gasteiger partial charge in [0, 0.05) is 68.5 Å². The Morgan fingerprint density at radius 2 is 1.71 bits per heavy atom. The number of amides is 3. The van der Waals surface area contributed by atoms with Crippen LogP contribution in [0.5, 0.6) is 0 Å². The Bertz CT molecular complexity index is 1940. The molecule has 1 spiro atoms. The number of rotatable bonds is 9. The molecule has 51 heavy (non-hydrogen) atoms. The number of hydrogen-bond donors (Lipinski definition) is 3. The second-order valence-corrected chi connectivity index (χ2v) is 13.7. The summed E-state index contributed by atoms with van der Waals surface area (Å²) < 4.78 is 39.9. The van der Waals surface area contributed by atoms with E-state index < -0.39 is 23.1 Å². The van der Waals surface area contributed by atoms with E-state index in [1.165, 1.54) is 19.0 Å². The number of halogens is 2. The minimum absolute atomic E-state index is 0.0117. The van der Waals surface area contributed by atoms with E-state index in [1.54, 1.807) is 24.4 Å². The molecule has 0 radical (unpaired) electrons. The predicted molar refractivity (Wildman–Crippen MR) is 185 cm³/mol. The number of aromatic nitrogens is 3. The van der Waals surface area contributed by atoms with Crippen molar-refractivity contribution < 1.29 is 27.9 Å². The number of ether oxygens (including phenoxy) is 1. The van der Waals surface area contributed by atoms with Crippen LogP contribution < -0.4 is 16.0 Å². The minimum atomic E-state index is -0.776. The first kappa shape index (κ1) is 34.5. The number of fused-ring (bicyclic) bond motifs is 2. The molecule has 7 rings (SSSR count). The topological polar surface area (TPSA) is 126 Å². The third-order valence-corrected chi connectivity index (χ3v) is 10.3. The lowest BCUT2D eigenvalue weighted by molar-refractivity contribution is -0.163. The van der Waals surface area contributed by atoms with E-state index in [9.17, 15) is 14.4 Å². The zero-order chi connectivity index (χ0) is 35.9. The van der Waals surface area contributed by atoms with Gasteiger partial charge in [0.15, 0.2) is 0 Å². The SMILES string of the molecule is Cc1c(C(=O)Nc2ccc(CNC(=O)c3ccc4n3CCN(Cc3c(F)cc(C(=O)N(C)C)cc3F)C43COC3)cc2)cnn1C1CCNCC1. The smallest absolute Gasteiger partial charge is 0.268 e. The van der Waals surface area contributed by atoms with Crippen LogP contribution in [-0.4, -0.2) is 88.8 Å². The maximum Gasteiger partial charge on any atom is 0.268 e. The summed E-state index contributed by atoms with van der Waals surface area (Å²) in [7, 11) is 3.05. The van der Waals surface area contributed by atoms with Crippen LogP contribution in [0.1, 0.15) is 72.6 Å². The molecule has 14 heteroatoms. The van der Waals surface area contributed by atoms with Crippen molar-refractivity contribution in [1.82, 2.24) is 34.8 Å². The van der Waals surface area contributed by atoms with Gasteiger partial charge < -0.3 is 30.2 Å². The molecule has 3 aliphatic rings. The quantitative estimate of drug-likeness (QED) is 0.243. The lowest BCUT2D eigenvalue weighted by Crippen LogP contribution is -2.63. The van der Waals surface area contributed by atoms with Crippen molar-refractivity contribution in [3.8, 4) is 0 Å². The van der Waals surface area contributed by atoms with Gasteiger partial charge in [0.1, 0.15) is 22.9 Å². The summed E-state index contributed by atoms with van der Waals surface area (Å²) in [5.41, 5.74) is 3.43. The molecule has 0 saturated carbocycles. The molecule has 5 heterocycles. The van der Waals surface area contributed by atoms with Gasteiger partial charge in [-0.3, -0.25) is 24.0 Å². The summed E-state index contributed by atoms with van der Waals surface area (Å²) in [6.45, 7) is 5.59. The molecule has 2 aromatic heterocycles.